The predicted molar refractivity (Wildman–Crippen MR) is 130 cm³/mol. The second-order valence-corrected chi connectivity index (χ2v) is 7.40. The number of esters is 4. The molecule has 9 nitrogen and oxygen atoms in total. The maximum absolute atomic E-state index is 13.2. The summed E-state index contributed by atoms with van der Waals surface area (Å²) in [4.78, 5) is 53.8. The van der Waals surface area contributed by atoms with Crippen molar-refractivity contribution in [1.82, 2.24) is 0 Å². The van der Waals surface area contributed by atoms with Crippen LogP contribution in [0.15, 0.2) is 89.2 Å². The first-order chi connectivity index (χ1) is 17.4. The molecule has 1 atom stereocenters. The SMILES string of the molecule is COC(=O)C1=C(C(=O)OC)[C@@H](/C=C\c2ccccc2)N(c2ccccc2)C(C(=O)OC)=C1C(=O)OC. The Balaban J connectivity index is 2.48. The number of carbonyl (C=O) groups excluding carboxylic acids is 4. The predicted octanol–water partition coefficient (Wildman–Crippen LogP) is 2.83. The van der Waals surface area contributed by atoms with E-state index < -0.39 is 41.1 Å². The second kappa shape index (κ2) is 11.7. The molecular formula is C27H25NO8. The quantitative estimate of drug-likeness (QED) is 0.427. The highest BCUT2D eigenvalue weighted by atomic mass is 16.5. The van der Waals surface area contributed by atoms with Gasteiger partial charge in [-0.15, -0.1) is 0 Å². The van der Waals surface area contributed by atoms with Gasteiger partial charge in [0.05, 0.1) is 45.6 Å². The molecule has 2 aromatic carbocycles. The fraction of sp³-hybridized carbons (Fsp3) is 0.185. The van der Waals surface area contributed by atoms with Crippen molar-refractivity contribution in [2.75, 3.05) is 33.3 Å². The van der Waals surface area contributed by atoms with Crippen molar-refractivity contribution in [3.63, 3.8) is 0 Å². The summed E-state index contributed by atoms with van der Waals surface area (Å²) in [6.45, 7) is 0. The van der Waals surface area contributed by atoms with E-state index in [-0.39, 0.29) is 11.3 Å². The van der Waals surface area contributed by atoms with E-state index in [4.69, 9.17) is 18.9 Å². The molecule has 0 aliphatic carbocycles. The molecular weight excluding hydrogens is 466 g/mol. The average Bonchev–Trinajstić information content (AvgIpc) is 2.94. The number of hydrogen-bond acceptors (Lipinski definition) is 9. The summed E-state index contributed by atoms with van der Waals surface area (Å²) in [7, 11) is 4.46. The van der Waals surface area contributed by atoms with E-state index in [2.05, 4.69) is 0 Å². The Morgan fingerprint density at radius 3 is 1.69 bits per heavy atom. The highest BCUT2D eigenvalue weighted by Gasteiger charge is 2.46. The normalized spacial score (nSPS) is 15.6. The van der Waals surface area contributed by atoms with Gasteiger partial charge in [0.25, 0.3) is 0 Å². The minimum atomic E-state index is -1.07. The third-order valence-electron chi connectivity index (χ3n) is 5.44. The van der Waals surface area contributed by atoms with Gasteiger partial charge in [0, 0.05) is 5.69 Å². The van der Waals surface area contributed by atoms with Crippen LogP contribution in [0.25, 0.3) is 6.08 Å². The molecule has 0 saturated heterocycles. The summed E-state index contributed by atoms with van der Waals surface area (Å²) in [5.74, 6) is -3.89. The zero-order valence-electron chi connectivity index (χ0n) is 20.2. The van der Waals surface area contributed by atoms with Crippen LogP contribution >= 0.6 is 0 Å². The lowest BCUT2D eigenvalue weighted by Gasteiger charge is -2.38. The van der Waals surface area contributed by atoms with Crippen LogP contribution in [0.2, 0.25) is 0 Å². The molecule has 0 spiro atoms. The number of benzene rings is 2. The van der Waals surface area contributed by atoms with E-state index >= 15 is 0 Å². The van der Waals surface area contributed by atoms with Gasteiger partial charge in [0.2, 0.25) is 0 Å². The molecule has 0 saturated carbocycles. The molecule has 0 aromatic heterocycles. The molecule has 0 unspecified atom stereocenters. The number of rotatable bonds is 7. The van der Waals surface area contributed by atoms with Crippen LogP contribution in [0, 0.1) is 0 Å². The lowest BCUT2D eigenvalue weighted by Crippen LogP contribution is -2.46. The zero-order valence-corrected chi connectivity index (χ0v) is 20.2. The number of methoxy groups -OCH3 is 4. The van der Waals surface area contributed by atoms with Gasteiger partial charge in [-0.1, -0.05) is 60.7 Å². The van der Waals surface area contributed by atoms with E-state index in [9.17, 15) is 19.2 Å². The summed E-state index contributed by atoms with van der Waals surface area (Å²) in [6.07, 6.45) is 3.34. The molecule has 1 aliphatic rings. The largest absolute Gasteiger partial charge is 0.466 e. The van der Waals surface area contributed by atoms with Crippen molar-refractivity contribution in [2.24, 2.45) is 0 Å². The standard InChI is InChI=1S/C27H25NO8/c1-33-24(29)20-19(16-15-17-11-7-5-8-12-17)28(18-13-9-6-10-14-18)23(27(32)36-4)22(26(31)35-3)21(20)25(30)34-2/h5-16,19H,1-4H3/b16-15-/t19-/m1/s1. The van der Waals surface area contributed by atoms with Gasteiger partial charge >= 0.3 is 23.9 Å². The molecule has 0 fully saturated rings. The molecule has 0 amide bonds. The van der Waals surface area contributed by atoms with Gasteiger partial charge in [-0.2, -0.15) is 0 Å². The third kappa shape index (κ3) is 5.05. The van der Waals surface area contributed by atoms with Crippen molar-refractivity contribution in [1.29, 1.82) is 0 Å². The summed E-state index contributed by atoms with van der Waals surface area (Å²) in [6, 6.07) is 16.7. The van der Waals surface area contributed by atoms with Crippen LogP contribution in [-0.4, -0.2) is 58.4 Å². The van der Waals surface area contributed by atoms with E-state index in [1.165, 1.54) is 4.90 Å². The number of hydrogen-bond donors (Lipinski definition) is 0. The Morgan fingerprint density at radius 1 is 0.667 bits per heavy atom. The Labute approximate surface area is 208 Å². The molecule has 9 heteroatoms. The molecule has 0 N–H and O–H groups in total. The lowest BCUT2D eigenvalue weighted by molar-refractivity contribution is -0.142. The van der Waals surface area contributed by atoms with Gasteiger partial charge in [0.15, 0.2) is 0 Å². The maximum Gasteiger partial charge on any atom is 0.355 e. The van der Waals surface area contributed by atoms with Crippen molar-refractivity contribution >= 4 is 35.6 Å². The fourth-order valence-corrected chi connectivity index (χ4v) is 3.86. The molecule has 1 heterocycles. The van der Waals surface area contributed by atoms with Crippen LogP contribution < -0.4 is 4.90 Å². The van der Waals surface area contributed by atoms with Crippen LogP contribution in [0.1, 0.15) is 5.56 Å². The van der Waals surface area contributed by atoms with Crippen molar-refractivity contribution in [2.45, 2.75) is 6.04 Å². The second-order valence-electron chi connectivity index (χ2n) is 7.40. The number of nitrogens with zero attached hydrogens (tertiary/aromatic N) is 1. The van der Waals surface area contributed by atoms with E-state index in [0.717, 1.165) is 34.0 Å². The minimum absolute atomic E-state index is 0.214. The Hall–Kier alpha value is -4.66. The summed E-state index contributed by atoms with van der Waals surface area (Å²) in [5.41, 5.74) is -0.222. The van der Waals surface area contributed by atoms with Crippen LogP contribution in [-0.2, 0) is 38.1 Å². The van der Waals surface area contributed by atoms with Gasteiger partial charge in [-0.3, -0.25) is 0 Å². The molecule has 1 aliphatic heterocycles. The first kappa shape index (κ1) is 26.0. The van der Waals surface area contributed by atoms with E-state index in [1.807, 2.05) is 30.3 Å². The molecule has 0 radical (unpaired) electrons. The highest BCUT2D eigenvalue weighted by Crippen LogP contribution is 2.39. The van der Waals surface area contributed by atoms with Gasteiger partial charge in [-0.05, 0) is 17.7 Å². The number of para-hydroxylation sites is 1. The van der Waals surface area contributed by atoms with Crippen LogP contribution in [0.4, 0.5) is 5.69 Å². The Morgan fingerprint density at radius 2 is 1.17 bits per heavy atom. The topological polar surface area (TPSA) is 108 Å². The van der Waals surface area contributed by atoms with Gasteiger partial charge in [-0.25, -0.2) is 19.2 Å². The smallest absolute Gasteiger partial charge is 0.355 e. The minimum Gasteiger partial charge on any atom is -0.466 e. The maximum atomic E-state index is 13.2. The summed E-state index contributed by atoms with van der Waals surface area (Å²) in [5, 5.41) is 0. The van der Waals surface area contributed by atoms with Gasteiger partial charge < -0.3 is 23.8 Å². The monoisotopic (exact) mass is 491 g/mol. The number of carbonyl (C=O) groups is 4. The summed E-state index contributed by atoms with van der Waals surface area (Å²) >= 11 is 0. The van der Waals surface area contributed by atoms with Crippen molar-refractivity contribution in [3.8, 4) is 0 Å². The third-order valence-corrected chi connectivity index (χ3v) is 5.44. The molecule has 36 heavy (non-hydrogen) atoms. The van der Waals surface area contributed by atoms with E-state index in [0.29, 0.717) is 5.69 Å². The van der Waals surface area contributed by atoms with Gasteiger partial charge in [0.1, 0.15) is 11.3 Å². The van der Waals surface area contributed by atoms with Crippen LogP contribution in [0.3, 0.4) is 0 Å². The van der Waals surface area contributed by atoms with Crippen LogP contribution in [0.5, 0.6) is 0 Å². The lowest BCUT2D eigenvalue weighted by atomic mass is 9.86. The zero-order chi connectivity index (χ0) is 26.2. The Kier molecular flexibility index (Phi) is 8.40. The van der Waals surface area contributed by atoms with E-state index in [1.54, 1.807) is 42.5 Å². The first-order valence-electron chi connectivity index (χ1n) is 10.8. The molecule has 3 rings (SSSR count). The molecule has 0 bridgehead atoms. The first-order valence-corrected chi connectivity index (χ1v) is 10.8. The van der Waals surface area contributed by atoms with Crippen molar-refractivity contribution in [3.05, 3.63) is 94.7 Å². The molecule has 186 valence electrons. The number of ether oxygens (including phenoxy) is 4. The Bertz CT molecular complexity index is 1250. The number of anilines is 1. The van der Waals surface area contributed by atoms with Crippen molar-refractivity contribution < 1.29 is 38.1 Å². The molecule has 2 aromatic rings. The average molecular weight is 491 g/mol. The summed E-state index contributed by atoms with van der Waals surface area (Å²) < 4.78 is 19.8. The highest BCUT2D eigenvalue weighted by molar-refractivity contribution is 6.18. The fourth-order valence-electron chi connectivity index (χ4n) is 3.86.